The van der Waals surface area contributed by atoms with Crippen LogP contribution >= 0.6 is 11.6 Å². The van der Waals surface area contributed by atoms with E-state index in [1.165, 1.54) is 36.8 Å². The van der Waals surface area contributed by atoms with E-state index in [4.69, 9.17) is 11.6 Å². The zero-order valence-corrected chi connectivity index (χ0v) is 10.3. The Kier molecular flexibility index (Phi) is 4.15. The number of amides is 1. The molecule has 0 atom stereocenters. The maximum Gasteiger partial charge on any atom is 0.291 e. The number of hydrogen-bond donors (Lipinski definition) is 1. The highest BCUT2D eigenvalue weighted by molar-refractivity contribution is 6.33. The van der Waals surface area contributed by atoms with Crippen LogP contribution in [0, 0.1) is 5.82 Å². The molecule has 0 saturated heterocycles. The van der Waals surface area contributed by atoms with Gasteiger partial charge in [0.1, 0.15) is 11.5 Å². The van der Waals surface area contributed by atoms with Gasteiger partial charge in [-0.1, -0.05) is 17.7 Å². The molecule has 0 aliphatic carbocycles. The van der Waals surface area contributed by atoms with Crippen LogP contribution in [-0.2, 0) is 0 Å². The number of hydrazone groups is 1. The number of nitrogens with zero attached hydrogens (tertiary/aromatic N) is 3. The van der Waals surface area contributed by atoms with Crippen LogP contribution in [0.1, 0.15) is 16.1 Å². The Morgan fingerprint density at radius 3 is 2.95 bits per heavy atom. The summed E-state index contributed by atoms with van der Waals surface area (Å²) >= 11 is 5.80. The topological polar surface area (TPSA) is 67.2 Å². The molecule has 2 rings (SSSR count). The summed E-state index contributed by atoms with van der Waals surface area (Å²) in [5.41, 5.74) is 2.42. The van der Waals surface area contributed by atoms with Crippen LogP contribution in [0.4, 0.5) is 4.39 Å². The largest absolute Gasteiger partial charge is 0.291 e. The van der Waals surface area contributed by atoms with Crippen LogP contribution in [0.15, 0.2) is 41.9 Å². The SMILES string of the molecule is O=C(N/N=C\c1c(F)cccc1Cl)c1cnccn1. The molecule has 0 radical (unpaired) electrons. The van der Waals surface area contributed by atoms with Crippen LogP contribution < -0.4 is 5.43 Å². The van der Waals surface area contributed by atoms with E-state index in [-0.39, 0.29) is 16.3 Å². The van der Waals surface area contributed by atoms with Gasteiger partial charge in [0.2, 0.25) is 0 Å². The highest BCUT2D eigenvalue weighted by atomic mass is 35.5. The number of aromatic nitrogens is 2. The van der Waals surface area contributed by atoms with E-state index >= 15 is 0 Å². The first kappa shape index (κ1) is 13.1. The second kappa shape index (κ2) is 6.01. The normalized spacial score (nSPS) is 10.6. The fourth-order valence-corrected chi connectivity index (χ4v) is 1.47. The number of nitrogens with one attached hydrogen (secondary N) is 1. The summed E-state index contributed by atoms with van der Waals surface area (Å²) in [6.45, 7) is 0. The molecule has 0 spiro atoms. The average molecular weight is 279 g/mol. The van der Waals surface area contributed by atoms with Crippen molar-refractivity contribution in [1.29, 1.82) is 0 Å². The van der Waals surface area contributed by atoms with E-state index in [9.17, 15) is 9.18 Å². The Morgan fingerprint density at radius 2 is 2.26 bits per heavy atom. The third-order valence-electron chi connectivity index (χ3n) is 2.16. The first-order valence-corrected chi connectivity index (χ1v) is 5.59. The number of carbonyl (C=O) groups excluding carboxylic acids is 1. The first-order valence-electron chi connectivity index (χ1n) is 5.22. The number of benzene rings is 1. The Morgan fingerprint density at radius 1 is 1.42 bits per heavy atom. The Bertz CT molecular complexity index is 598. The van der Waals surface area contributed by atoms with Gasteiger partial charge in [0.25, 0.3) is 5.91 Å². The van der Waals surface area contributed by atoms with E-state index < -0.39 is 11.7 Å². The molecule has 0 saturated carbocycles. The van der Waals surface area contributed by atoms with Crippen molar-refractivity contribution in [3.63, 3.8) is 0 Å². The summed E-state index contributed by atoms with van der Waals surface area (Å²) in [4.78, 5) is 19.1. The average Bonchev–Trinajstić information content (AvgIpc) is 2.43. The molecule has 96 valence electrons. The van der Waals surface area contributed by atoms with Gasteiger partial charge in [0, 0.05) is 18.0 Å². The molecule has 1 amide bonds. The quantitative estimate of drug-likeness (QED) is 0.690. The molecule has 1 aromatic carbocycles. The summed E-state index contributed by atoms with van der Waals surface area (Å²) in [7, 11) is 0. The zero-order valence-electron chi connectivity index (χ0n) is 9.55. The van der Waals surface area contributed by atoms with E-state index in [1.54, 1.807) is 0 Å². The van der Waals surface area contributed by atoms with Crippen molar-refractivity contribution in [3.05, 3.63) is 58.9 Å². The highest BCUT2D eigenvalue weighted by Gasteiger charge is 2.06. The lowest BCUT2D eigenvalue weighted by Crippen LogP contribution is -2.19. The predicted octanol–water partition coefficient (Wildman–Crippen LogP) is 2.03. The fraction of sp³-hybridized carbons (Fsp3) is 0. The van der Waals surface area contributed by atoms with Crippen molar-refractivity contribution in [2.45, 2.75) is 0 Å². The molecule has 1 heterocycles. The van der Waals surface area contributed by atoms with Crippen molar-refractivity contribution < 1.29 is 9.18 Å². The zero-order chi connectivity index (χ0) is 13.7. The molecule has 2 aromatic rings. The number of halogens is 2. The van der Waals surface area contributed by atoms with Crippen LogP contribution in [0.3, 0.4) is 0 Å². The summed E-state index contributed by atoms with van der Waals surface area (Å²) in [5.74, 6) is -1.07. The lowest BCUT2D eigenvalue weighted by Gasteiger charge is -2.00. The monoisotopic (exact) mass is 278 g/mol. The smallest absolute Gasteiger partial charge is 0.265 e. The molecule has 19 heavy (non-hydrogen) atoms. The minimum atomic E-state index is -0.545. The van der Waals surface area contributed by atoms with Crippen LogP contribution in [0.25, 0.3) is 0 Å². The van der Waals surface area contributed by atoms with E-state index in [2.05, 4.69) is 20.5 Å². The minimum absolute atomic E-state index is 0.101. The van der Waals surface area contributed by atoms with Gasteiger partial charge in [-0.3, -0.25) is 9.78 Å². The lowest BCUT2D eigenvalue weighted by molar-refractivity contribution is 0.0949. The van der Waals surface area contributed by atoms with Gasteiger partial charge in [-0.05, 0) is 12.1 Å². The van der Waals surface area contributed by atoms with E-state index in [1.807, 2.05) is 0 Å². The second-order valence-electron chi connectivity index (χ2n) is 3.43. The van der Waals surface area contributed by atoms with Crippen molar-refractivity contribution in [3.8, 4) is 0 Å². The highest BCUT2D eigenvalue weighted by Crippen LogP contribution is 2.16. The van der Waals surface area contributed by atoms with Crippen molar-refractivity contribution in [2.75, 3.05) is 0 Å². The van der Waals surface area contributed by atoms with E-state index in [0.717, 1.165) is 6.21 Å². The third-order valence-corrected chi connectivity index (χ3v) is 2.48. The van der Waals surface area contributed by atoms with Gasteiger partial charge in [0.05, 0.1) is 17.4 Å². The molecule has 1 N–H and O–H groups in total. The molecule has 1 aromatic heterocycles. The number of carbonyl (C=O) groups is 1. The molecule has 7 heteroatoms. The maximum absolute atomic E-state index is 13.4. The Balaban J connectivity index is 2.07. The van der Waals surface area contributed by atoms with Crippen LogP contribution in [0.5, 0.6) is 0 Å². The Hall–Kier alpha value is -2.34. The lowest BCUT2D eigenvalue weighted by atomic mass is 10.2. The standard InChI is InChI=1S/C12H8ClFN4O/c13-9-2-1-3-10(14)8(9)6-17-18-12(19)11-7-15-4-5-16-11/h1-7H,(H,18,19)/b17-6-. The molecular formula is C12H8ClFN4O. The first-order chi connectivity index (χ1) is 9.18. The van der Waals surface area contributed by atoms with Gasteiger partial charge in [0.15, 0.2) is 0 Å². The molecule has 5 nitrogen and oxygen atoms in total. The van der Waals surface area contributed by atoms with Gasteiger partial charge >= 0.3 is 0 Å². The summed E-state index contributed by atoms with van der Waals surface area (Å²) in [6, 6.07) is 4.25. The van der Waals surface area contributed by atoms with Crippen molar-refractivity contribution in [2.24, 2.45) is 5.10 Å². The van der Waals surface area contributed by atoms with Crippen molar-refractivity contribution in [1.82, 2.24) is 15.4 Å². The summed E-state index contributed by atoms with van der Waals surface area (Å²) < 4.78 is 13.4. The van der Waals surface area contributed by atoms with Gasteiger partial charge < -0.3 is 0 Å². The minimum Gasteiger partial charge on any atom is -0.265 e. The summed E-state index contributed by atoms with van der Waals surface area (Å²) in [6.07, 6.45) is 5.25. The molecule has 0 unspecified atom stereocenters. The van der Waals surface area contributed by atoms with Crippen LogP contribution in [-0.4, -0.2) is 22.1 Å². The van der Waals surface area contributed by atoms with Gasteiger partial charge in [-0.25, -0.2) is 14.8 Å². The number of hydrogen-bond acceptors (Lipinski definition) is 4. The molecular weight excluding hydrogens is 271 g/mol. The van der Waals surface area contributed by atoms with Gasteiger partial charge in [-0.2, -0.15) is 5.10 Å². The third kappa shape index (κ3) is 3.32. The number of rotatable bonds is 3. The fourth-order valence-electron chi connectivity index (χ4n) is 1.26. The Labute approximate surface area is 113 Å². The predicted molar refractivity (Wildman–Crippen MR) is 68.5 cm³/mol. The molecule has 0 bridgehead atoms. The van der Waals surface area contributed by atoms with E-state index in [0.29, 0.717) is 0 Å². The molecule has 0 aliphatic heterocycles. The maximum atomic E-state index is 13.4. The van der Waals surface area contributed by atoms with Crippen LogP contribution in [0.2, 0.25) is 5.02 Å². The van der Waals surface area contributed by atoms with Crippen molar-refractivity contribution >= 4 is 23.7 Å². The van der Waals surface area contributed by atoms with Gasteiger partial charge in [-0.15, -0.1) is 0 Å². The summed E-state index contributed by atoms with van der Waals surface area (Å²) in [5, 5.41) is 3.83. The molecule has 0 fully saturated rings. The molecule has 0 aliphatic rings. The second-order valence-corrected chi connectivity index (χ2v) is 3.83.